The lowest BCUT2D eigenvalue weighted by atomic mass is 9.73. The average molecular weight is 378 g/mol. The Hall–Kier alpha value is -2.27. The molecule has 0 bridgehead atoms. The van der Waals surface area contributed by atoms with Crippen LogP contribution in [0.25, 0.3) is 0 Å². The zero-order valence-corrected chi connectivity index (χ0v) is 16.2. The van der Waals surface area contributed by atoms with Crippen molar-refractivity contribution >= 4 is 29.3 Å². The molecule has 1 spiro atoms. The van der Waals surface area contributed by atoms with Gasteiger partial charge in [0, 0.05) is 30.7 Å². The second-order valence-electron chi connectivity index (χ2n) is 7.71. The molecular formula is C22H22N2O2S. The molecule has 0 saturated carbocycles. The molecule has 0 N–H and O–H groups in total. The number of fused-ring (bicyclic) bond motifs is 3. The van der Waals surface area contributed by atoms with E-state index < -0.39 is 5.41 Å². The number of carbonyl (C=O) groups is 2. The van der Waals surface area contributed by atoms with Crippen LogP contribution in [0.15, 0.2) is 53.4 Å². The number of likely N-dealkylation sites (tertiary alicyclic amines) is 1. The molecule has 138 valence electrons. The van der Waals surface area contributed by atoms with Crippen LogP contribution in [-0.2, 0) is 21.4 Å². The number of para-hydroxylation sites is 1. The quantitative estimate of drug-likeness (QED) is 0.765. The standard InChI is InChI=1S/C22H22N2O2S/c1-23-17-8-4-3-7-16(17)22(21(23)26)10-12-24(13-11-22)20(25)19-14-15-6-2-5-9-18(15)27-19/h2-9,19H,10-14H2,1H3/t19-/m1/s1. The fraction of sp³-hybridized carbons (Fsp3) is 0.364. The lowest BCUT2D eigenvalue weighted by Gasteiger charge is -2.39. The number of benzene rings is 2. The van der Waals surface area contributed by atoms with E-state index in [1.165, 1.54) is 10.5 Å². The van der Waals surface area contributed by atoms with E-state index in [4.69, 9.17) is 0 Å². The third kappa shape index (κ3) is 2.44. The van der Waals surface area contributed by atoms with Gasteiger partial charge in [0.25, 0.3) is 0 Å². The normalized spacial score (nSPS) is 22.9. The first-order chi connectivity index (χ1) is 13.1. The van der Waals surface area contributed by atoms with Crippen LogP contribution in [0.4, 0.5) is 5.69 Å². The SMILES string of the molecule is CN1C(=O)C2(CCN(C(=O)[C@H]3Cc4ccccc4S3)CC2)c2ccccc21. The van der Waals surface area contributed by atoms with Gasteiger partial charge < -0.3 is 9.80 Å². The predicted octanol–water partition coefficient (Wildman–Crippen LogP) is 3.24. The molecule has 0 aliphatic carbocycles. The third-order valence-corrected chi connectivity index (χ3v) is 7.65. The lowest BCUT2D eigenvalue weighted by Crippen LogP contribution is -2.51. The summed E-state index contributed by atoms with van der Waals surface area (Å²) in [4.78, 5) is 31.1. The van der Waals surface area contributed by atoms with E-state index in [1.54, 1.807) is 16.7 Å². The van der Waals surface area contributed by atoms with Crippen molar-refractivity contribution < 1.29 is 9.59 Å². The summed E-state index contributed by atoms with van der Waals surface area (Å²) in [7, 11) is 1.86. The molecule has 2 aromatic rings. The highest BCUT2D eigenvalue weighted by Crippen LogP contribution is 2.47. The number of anilines is 1. The van der Waals surface area contributed by atoms with Crippen molar-refractivity contribution in [1.82, 2.24) is 4.90 Å². The first kappa shape index (κ1) is 16.9. The Morgan fingerprint density at radius 1 is 1.07 bits per heavy atom. The van der Waals surface area contributed by atoms with Gasteiger partial charge in [0.2, 0.25) is 11.8 Å². The molecule has 0 radical (unpaired) electrons. The summed E-state index contributed by atoms with van der Waals surface area (Å²) in [6.45, 7) is 1.31. The molecule has 27 heavy (non-hydrogen) atoms. The number of nitrogens with zero attached hydrogens (tertiary/aromatic N) is 2. The highest BCUT2D eigenvalue weighted by molar-refractivity contribution is 8.01. The Morgan fingerprint density at radius 2 is 1.78 bits per heavy atom. The monoisotopic (exact) mass is 378 g/mol. The fourth-order valence-electron chi connectivity index (χ4n) is 4.83. The number of hydrogen-bond donors (Lipinski definition) is 0. The number of likely N-dealkylation sites (N-methyl/N-ethyl adjacent to an activating group) is 1. The van der Waals surface area contributed by atoms with Gasteiger partial charge in [0.1, 0.15) is 0 Å². The Labute approximate surface area is 163 Å². The van der Waals surface area contributed by atoms with Gasteiger partial charge in [-0.25, -0.2) is 0 Å². The third-order valence-electron chi connectivity index (χ3n) is 6.35. The molecule has 1 saturated heterocycles. The molecule has 3 heterocycles. The Balaban J connectivity index is 1.33. The molecule has 1 atom stereocenters. The van der Waals surface area contributed by atoms with Gasteiger partial charge in [-0.15, -0.1) is 11.8 Å². The van der Waals surface area contributed by atoms with E-state index in [9.17, 15) is 9.59 Å². The van der Waals surface area contributed by atoms with Gasteiger partial charge in [-0.1, -0.05) is 36.4 Å². The van der Waals surface area contributed by atoms with Crippen LogP contribution in [0.5, 0.6) is 0 Å². The zero-order valence-electron chi connectivity index (χ0n) is 15.4. The topological polar surface area (TPSA) is 40.6 Å². The number of carbonyl (C=O) groups excluding carboxylic acids is 2. The summed E-state index contributed by atoms with van der Waals surface area (Å²) in [6.07, 6.45) is 2.23. The molecule has 3 aliphatic rings. The number of piperidine rings is 1. The van der Waals surface area contributed by atoms with Crippen LogP contribution in [0, 0.1) is 0 Å². The number of rotatable bonds is 1. The van der Waals surface area contributed by atoms with E-state index in [1.807, 2.05) is 42.3 Å². The molecule has 1 fully saturated rings. The maximum Gasteiger partial charge on any atom is 0.237 e. The summed E-state index contributed by atoms with van der Waals surface area (Å²) in [5, 5.41) is -0.0225. The van der Waals surface area contributed by atoms with Gasteiger partial charge in [-0.2, -0.15) is 0 Å². The van der Waals surface area contributed by atoms with Crippen molar-refractivity contribution in [1.29, 1.82) is 0 Å². The first-order valence-electron chi connectivity index (χ1n) is 9.51. The van der Waals surface area contributed by atoms with Crippen molar-refractivity contribution in [3.63, 3.8) is 0 Å². The minimum atomic E-state index is -0.450. The van der Waals surface area contributed by atoms with Crippen LogP contribution in [0.3, 0.4) is 0 Å². The van der Waals surface area contributed by atoms with E-state index in [0.717, 1.165) is 17.7 Å². The summed E-state index contributed by atoms with van der Waals surface area (Å²) in [5.41, 5.74) is 2.97. The Kier molecular flexibility index (Phi) is 3.83. The maximum atomic E-state index is 13.1. The van der Waals surface area contributed by atoms with Gasteiger partial charge >= 0.3 is 0 Å². The van der Waals surface area contributed by atoms with Crippen LogP contribution in [-0.4, -0.2) is 42.1 Å². The van der Waals surface area contributed by atoms with Gasteiger partial charge in [0.05, 0.1) is 10.7 Å². The molecule has 0 aromatic heterocycles. The molecule has 4 nitrogen and oxygen atoms in total. The van der Waals surface area contributed by atoms with Crippen molar-refractivity contribution in [3.8, 4) is 0 Å². The van der Waals surface area contributed by atoms with Crippen molar-refractivity contribution in [2.24, 2.45) is 0 Å². The molecule has 2 amide bonds. The molecule has 2 aromatic carbocycles. The summed E-state index contributed by atoms with van der Waals surface area (Å²) < 4.78 is 0. The van der Waals surface area contributed by atoms with Gasteiger partial charge in [0.15, 0.2) is 0 Å². The minimum Gasteiger partial charge on any atom is -0.342 e. The number of thioether (sulfide) groups is 1. The highest BCUT2D eigenvalue weighted by Gasteiger charge is 2.51. The van der Waals surface area contributed by atoms with Crippen LogP contribution < -0.4 is 4.90 Å². The largest absolute Gasteiger partial charge is 0.342 e. The Bertz CT molecular complexity index is 908. The minimum absolute atomic E-state index is 0.0225. The zero-order chi connectivity index (χ0) is 18.6. The lowest BCUT2D eigenvalue weighted by molar-refractivity contribution is -0.135. The molecular weight excluding hydrogens is 356 g/mol. The molecule has 5 heteroatoms. The molecule has 0 unspecified atom stereocenters. The van der Waals surface area contributed by atoms with Crippen LogP contribution in [0.2, 0.25) is 0 Å². The maximum absolute atomic E-state index is 13.1. The van der Waals surface area contributed by atoms with Crippen molar-refractivity contribution in [3.05, 3.63) is 59.7 Å². The van der Waals surface area contributed by atoms with E-state index in [-0.39, 0.29) is 17.1 Å². The Morgan fingerprint density at radius 3 is 2.56 bits per heavy atom. The average Bonchev–Trinajstić information content (AvgIpc) is 3.23. The summed E-state index contributed by atoms with van der Waals surface area (Å²) in [6, 6.07) is 16.4. The van der Waals surface area contributed by atoms with Gasteiger partial charge in [-0.3, -0.25) is 9.59 Å². The van der Waals surface area contributed by atoms with E-state index in [2.05, 4.69) is 18.2 Å². The number of amides is 2. The van der Waals surface area contributed by atoms with E-state index >= 15 is 0 Å². The van der Waals surface area contributed by atoms with Crippen LogP contribution >= 0.6 is 11.8 Å². The molecule has 3 aliphatic heterocycles. The van der Waals surface area contributed by atoms with E-state index in [0.29, 0.717) is 25.9 Å². The highest BCUT2D eigenvalue weighted by atomic mass is 32.2. The van der Waals surface area contributed by atoms with Crippen molar-refractivity contribution in [2.45, 2.75) is 34.8 Å². The number of hydrogen-bond acceptors (Lipinski definition) is 3. The second kappa shape index (κ2) is 6.13. The van der Waals surface area contributed by atoms with Crippen molar-refractivity contribution in [2.75, 3.05) is 25.0 Å². The first-order valence-corrected chi connectivity index (χ1v) is 10.4. The van der Waals surface area contributed by atoms with Gasteiger partial charge in [-0.05, 0) is 42.5 Å². The van der Waals surface area contributed by atoms with Crippen LogP contribution in [0.1, 0.15) is 24.0 Å². The summed E-state index contributed by atoms with van der Waals surface area (Å²) >= 11 is 1.68. The summed E-state index contributed by atoms with van der Waals surface area (Å²) in [5.74, 6) is 0.400. The smallest absolute Gasteiger partial charge is 0.237 e. The fourth-order valence-corrected chi connectivity index (χ4v) is 6.11. The second-order valence-corrected chi connectivity index (χ2v) is 8.95. The molecule has 5 rings (SSSR count). The predicted molar refractivity (Wildman–Crippen MR) is 107 cm³/mol.